The van der Waals surface area contributed by atoms with Crippen molar-refractivity contribution in [3.05, 3.63) is 29.8 Å². The highest BCUT2D eigenvalue weighted by atomic mass is 16.5. The van der Waals surface area contributed by atoms with E-state index in [1.54, 1.807) is 0 Å². The Bertz CT molecular complexity index is 327. The van der Waals surface area contributed by atoms with Crippen molar-refractivity contribution >= 4 is 0 Å². The molecule has 1 aromatic rings. The van der Waals surface area contributed by atoms with Gasteiger partial charge in [-0.1, -0.05) is 19.1 Å². The first kappa shape index (κ1) is 10.5. The van der Waals surface area contributed by atoms with Crippen LogP contribution in [-0.4, -0.2) is 18.3 Å². The summed E-state index contributed by atoms with van der Waals surface area (Å²) >= 11 is 0. The van der Waals surface area contributed by atoms with Gasteiger partial charge in [0.1, 0.15) is 5.75 Å². The van der Waals surface area contributed by atoms with Crippen LogP contribution >= 0.6 is 0 Å². The quantitative estimate of drug-likeness (QED) is 0.819. The maximum absolute atomic E-state index is 9.42. The van der Waals surface area contributed by atoms with Crippen molar-refractivity contribution in [2.75, 3.05) is 13.2 Å². The first-order valence-corrected chi connectivity index (χ1v) is 5.57. The SMILES string of the molecule is CCOc1ccc(C2(CO)CC2C)cc1. The molecule has 1 aliphatic carbocycles. The summed E-state index contributed by atoms with van der Waals surface area (Å²) < 4.78 is 5.39. The molecular formula is C13H18O2. The number of hydrogen-bond donors (Lipinski definition) is 1. The van der Waals surface area contributed by atoms with E-state index in [4.69, 9.17) is 4.74 Å². The largest absolute Gasteiger partial charge is 0.494 e. The predicted octanol–water partition coefficient (Wildman–Crippen LogP) is 2.36. The third-order valence-electron chi connectivity index (χ3n) is 3.48. The van der Waals surface area contributed by atoms with Gasteiger partial charge in [0.2, 0.25) is 0 Å². The van der Waals surface area contributed by atoms with Gasteiger partial charge < -0.3 is 9.84 Å². The van der Waals surface area contributed by atoms with Gasteiger partial charge in [-0.05, 0) is 37.0 Å². The van der Waals surface area contributed by atoms with Gasteiger partial charge in [0.15, 0.2) is 0 Å². The van der Waals surface area contributed by atoms with E-state index in [0.29, 0.717) is 12.5 Å². The molecule has 0 saturated heterocycles. The molecule has 0 bridgehead atoms. The van der Waals surface area contributed by atoms with E-state index in [2.05, 4.69) is 19.1 Å². The second-order valence-corrected chi connectivity index (χ2v) is 4.38. The van der Waals surface area contributed by atoms with Crippen molar-refractivity contribution in [2.45, 2.75) is 25.7 Å². The van der Waals surface area contributed by atoms with Crippen LogP contribution in [0.2, 0.25) is 0 Å². The van der Waals surface area contributed by atoms with Gasteiger partial charge in [0.25, 0.3) is 0 Å². The molecule has 1 aliphatic rings. The van der Waals surface area contributed by atoms with Crippen LogP contribution in [0.5, 0.6) is 5.75 Å². The zero-order valence-electron chi connectivity index (χ0n) is 9.36. The molecule has 0 aromatic heterocycles. The molecule has 1 fully saturated rings. The zero-order valence-corrected chi connectivity index (χ0v) is 9.36. The van der Waals surface area contributed by atoms with Crippen molar-refractivity contribution in [3.63, 3.8) is 0 Å². The summed E-state index contributed by atoms with van der Waals surface area (Å²) in [6, 6.07) is 8.12. The normalized spacial score (nSPS) is 28.9. The molecule has 0 spiro atoms. The fourth-order valence-corrected chi connectivity index (χ4v) is 2.25. The number of benzene rings is 1. The molecule has 1 saturated carbocycles. The Morgan fingerprint density at radius 2 is 2.00 bits per heavy atom. The molecular weight excluding hydrogens is 188 g/mol. The summed E-state index contributed by atoms with van der Waals surface area (Å²) in [6.45, 7) is 5.11. The number of rotatable bonds is 4. The zero-order chi connectivity index (χ0) is 10.9. The Morgan fingerprint density at radius 3 is 2.40 bits per heavy atom. The number of ether oxygens (including phenoxy) is 1. The number of aliphatic hydroxyl groups excluding tert-OH is 1. The summed E-state index contributed by atoms with van der Waals surface area (Å²) in [6.07, 6.45) is 1.09. The lowest BCUT2D eigenvalue weighted by molar-refractivity contribution is 0.247. The highest BCUT2D eigenvalue weighted by Gasteiger charge is 2.51. The van der Waals surface area contributed by atoms with Gasteiger partial charge in [0.05, 0.1) is 13.2 Å². The predicted molar refractivity (Wildman–Crippen MR) is 60.2 cm³/mol. The second-order valence-electron chi connectivity index (χ2n) is 4.38. The Hall–Kier alpha value is -1.02. The van der Waals surface area contributed by atoms with Gasteiger partial charge in [-0.2, -0.15) is 0 Å². The highest BCUT2D eigenvalue weighted by Crippen LogP contribution is 2.53. The average Bonchev–Trinajstić information content (AvgIpc) is 2.92. The summed E-state index contributed by atoms with van der Waals surface area (Å²) in [4.78, 5) is 0. The first-order valence-electron chi connectivity index (χ1n) is 5.57. The molecule has 15 heavy (non-hydrogen) atoms. The lowest BCUT2D eigenvalue weighted by atomic mass is 9.94. The summed E-state index contributed by atoms with van der Waals surface area (Å²) in [5.74, 6) is 1.50. The molecule has 0 aliphatic heterocycles. The van der Waals surface area contributed by atoms with Crippen LogP contribution in [0, 0.1) is 5.92 Å². The average molecular weight is 206 g/mol. The Morgan fingerprint density at radius 1 is 1.40 bits per heavy atom. The van der Waals surface area contributed by atoms with E-state index in [1.807, 2.05) is 19.1 Å². The standard InChI is InChI=1S/C13H18O2/c1-3-15-12-6-4-11(5-7-12)13(9-14)8-10(13)2/h4-7,10,14H,3,8-9H2,1-2H3. The second kappa shape index (κ2) is 3.86. The number of hydrogen-bond acceptors (Lipinski definition) is 2. The Balaban J connectivity index is 2.17. The lowest BCUT2D eigenvalue weighted by Crippen LogP contribution is -2.14. The molecule has 2 nitrogen and oxygen atoms in total. The van der Waals surface area contributed by atoms with E-state index in [-0.39, 0.29) is 12.0 Å². The topological polar surface area (TPSA) is 29.5 Å². The molecule has 2 atom stereocenters. The molecule has 0 radical (unpaired) electrons. The molecule has 2 rings (SSSR count). The van der Waals surface area contributed by atoms with Crippen LogP contribution in [0.4, 0.5) is 0 Å². The summed E-state index contributed by atoms with van der Waals surface area (Å²) in [5.41, 5.74) is 1.27. The molecule has 0 amide bonds. The Kier molecular flexibility index (Phi) is 2.70. The van der Waals surface area contributed by atoms with E-state index in [1.165, 1.54) is 5.56 Å². The smallest absolute Gasteiger partial charge is 0.119 e. The van der Waals surface area contributed by atoms with Crippen molar-refractivity contribution in [1.29, 1.82) is 0 Å². The molecule has 0 heterocycles. The van der Waals surface area contributed by atoms with E-state index < -0.39 is 0 Å². The van der Waals surface area contributed by atoms with Crippen LogP contribution < -0.4 is 4.74 Å². The molecule has 2 heteroatoms. The fourth-order valence-electron chi connectivity index (χ4n) is 2.25. The molecule has 82 valence electrons. The maximum atomic E-state index is 9.42. The van der Waals surface area contributed by atoms with Gasteiger partial charge in [0, 0.05) is 5.41 Å². The lowest BCUT2D eigenvalue weighted by Gasteiger charge is -2.14. The monoisotopic (exact) mass is 206 g/mol. The van der Waals surface area contributed by atoms with Crippen LogP contribution in [0.3, 0.4) is 0 Å². The minimum absolute atomic E-state index is 0.0325. The van der Waals surface area contributed by atoms with Crippen LogP contribution in [0.1, 0.15) is 25.8 Å². The van der Waals surface area contributed by atoms with E-state index in [9.17, 15) is 5.11 Å². The minimum atomic E-state index is 0.0325. The van der Waals surface area contributed by atoms with Gasteiger partial charge in [-0.25, -0.2) is 0 Å². The third kappa shape index (κ3) is 1.74. The summed E-state index contributed by atoms with van der Waals surface area (Å²) in [5, 5.41) is 9.42. The summed E-state index contributed by atoms with van der Waals surface area (Å²) in [7, 11) is 0. The fraction of sp³-hybridized carbons (Fsp3) is 0.538. The van der Waals surface area contributed by atoms with Crippen molar-refractivity contribution in [3.8, 4) is 5.75 Å². The van der Waals surface area contributed by atoms with Crippen molar-refractivity contribution in [2.24, 2.45) is 5.92 Å². The maximum Gasteiger partial charge on any atom is 0.119 e. The third-order valence-corrected chi connectivity index (χ3v) is 3.48. The molecule has 1 N–H and O–H groups in total. The van der Waals surface area contributed by atoms with Crippen LogP contribution in [0.25, 0.3) is 0 Å². The van der Waals surface area contributed by atoms with Gasteiger partial charge in [-0.15, -0.1) is 0 Å². The van der Waals surface area contributed by atoms with E-state index >= 15 is 0 Å². The molecule has 2 unspecified atom stereocenters. The van der Waals surface area contributed by atoms with Crippen molar-refractivity contribution < 1.29 is 9.84 Å². The van der Waals surface area contributed by atoms with Gasteiger partial charge in [-0.3, -0.25) is 0 Å². The first-order chi connectivity index (χ1) is 7.23. The minimum Gasteiger partial charge on any atom is -0.494 e. The van der Waals surface area contributed by atoms with E-state index in [0.717, 1.165) is 12.2 Å². The number of aliphatic hydroxyl groups is 1. The van der Waals surface area contributed by atoms with Crippen LogP contribution in [0.15, 0.2) is 24.3 Å². The molecule has 1 aromatic carbocycles. The van der Waals surface area contributed by atoms with Crippen LogP contribution in [-0.2, 0) is 5.41 Å². The van der Waals surface area contributed by atoms with Gasteiger partial charge >= 0.3 is 0 Å². The van der Waals surface area contributed by atoms with Crippen molar-refractivity contribution in [1.82, 2.24) is 0 Å². The Labute approximate surface area is 90.9 Å². The highest BCUT2D eigenvalue weighted by molar-refractivity contribution is 5.37.